The van der Waals surface area contributed by atoms with E-state index in [-0.39, 0.29) is 41.8 Å². The van der Waals surface area contributed by atoms with E-state index in [2.05, 4.69) is 45.8 Å². The number of aryl methyl sites for hydroxylation is 1. The van der Waals surface area contributed by atoms with Crippen molar-refractivity contribution in [1.82, 2.24) is 20.2 Å². The third kappa shape index (κ3) is 8.04. The molecule has 0 unspecified atom stereocenters. The van der Waals surface area contributed by atoms with Crippen molar-refractivity contribution in [3.8, 4) is 0 Å². The molecule has 0 radical (unpaired) electrons. The van der Waals surface area contributed by atoms with E-state index in [1.165, 1.54) is 10.5 Å². The van der Waals surface area contributed by atoms with Crippen LogP contribution in [0.1, 0.15) is 78.6 Å². The molecule has 4 heterocycles. The minimum atomic E-state index is -0.792. The van der Waals surface area contributed by atoms with Crippen LogP contribution < -0.4 is 5.32 Å². The highest BCUT2D eigenvalue weighted by atomic mass is 32.2. The largest absolute Gasteiger partial charge is 0.379 e. The van der Waals surface area contributed by atoms with Gasteiger partial charge in [-0.1, -0.05) is 12.1 Å². The van der Waals surface area contributed by atoms with Crippen LogP contribution in [0.5, 0.6) is 0 Å². The number of ether oxygens (including phenoxy) is 3. The van der Waals surface area contributed by atoms with Crippen LogP contribution in [-0.4, -0.2) is 84.7 Å². The average Bonchev–Trinajstić information content (AvgIpc) is 3.04. The van der Waals surface area contributed by atoms with Gasteiger partial charge in [-0.2, -0.15) is 0 Å². The number of aromatic nitrogens is 2. The summed E-state index contributed by atoms with van der Waals surface area (Å²) >= 11 is 1.74. The molecule has 3 fully saturated rings. The maximum atomic E-state index is 13.7. The number of carbonyl (C=O) groups excluding carboxylic acids is 1. The van der Waals surface area contributed by atoms with Crippen molar-refractivity contribution < 1.29 is 23.4 Å². The van der Waals surface area contributed by atoms with E-state index >= 15 is 0 Å². The zero-order valence-corrected chi connectivity index (χ0v) is 25.0. The summed E-state index contributed by atoms with van der Waals surface area (Å²) in [5.74, 6) is -0.0749. The Bertz CT molecular complexity index is 1130. The fourth-order valence-corrected chi connectivity index (χ4v) is 6.59. The molecular formula is C31H43FN4O4S. The number of methoxy groups -OCH3 is 1. The van der Waals surface area contributed by atoms with Gasteiger partial charge in [0.05, 0.1) is 24.9 Å². The number of thioether (sulfide) groups is 1. The van der Waals surface area contributed by atoms with Gasteiger partial charge in [-0.15, -0.1) is 11.8 Å². The Kier molecular flexibility index (Phi) is 11.0. The van der Waals surface area contributed by atoms with Crippen molar-refractivity contribution in [3.05, 3.63) is 53.1 Å². The smallest absolute Gasteiger partial charge is 0.272 e. The number of alkyl halides is 1. The van der Waals surface area contributed by atoms with Gasteiger partial charge >= 0.3 is 0 Å². The molecular weight excluding hydrogens is 543 g/mol. The normalized spacial score (nSPS) is 25.8. The number of halogens is 1. The van der Waals surface area contributed by atoms with Crippen LogP contribution in [0.3, 0.4) is 0 Å². The topological polar surface area (TPSA) is 85.8 Å². The maximum absolute atomic E-state index is 13.7. The highest BCUT2D eigenvalue weighted by Crippen LogP contribution is 2.33. The molecule has 1 amide bonds. The lowest BCUT2D eigenvalue weighted by Gasteiger charge is -2.38. The van der Waals surface area contributed by atoms with Gasteiger partial charge in [-0.25, -0.2) is 14.4 Å². The van der Waals surface area contributed by atoms with Crippen LogP contribution in [0.25, 0.3) is 0 Å². The van der Waals surface area contributed by atoms with Gasteiger partial charge in [0.15, 0.2) is 5.82 Å². The van der Waals surface area contributed by atoms with Gasteiger partial charge in [0.2, 0.25) is 0 Å². The molecule has 10 heteroatoms. The molecule has 41 heavy (non-hydrogen) atoms. The number of nitrogens with one attached hydrogen (secondary N) is 1. The van der Waals surface area contributed by atoms with E-state index in [9.17, 15) is 9.18 Å². The lowest BCUT2D eigenvalue weighted by Crippen LogP contribution is -2.54. The summed E-state index contributed by atoms with van der Waals surface area (Å²) in [6, 6.07) is 11.0. The monoisotopic (exact) mass is 586 g/mol. The number of amides is 1. The van der Waals surface area contributed by atoms with Gasteiger partial charge in [0.25, 0.3) is 5.91 Å². The Labute approximate surface area is 247 Å². The number of nitrogens with zero attached hydrogens (tertiary/aromatic N) is 3. The second kappa shape index (κ2) is 14.9. The first kappa shape index (κ1) is 30.4. The first-order valence-corrected chi connectivity index (χ1v) is 16.2. The van der Waals surface area contributed by atoms with E-state index in [4.69, 9.17) is 14.2 Å². The Hall–Kier alpha value is -2.11. The predicted molar refractivity (Wildman–Crippen MR) is 157 cm³/mol. The SMILES string of the molecule is CO[C@H]1COCC[C@H]1NC1CCN(C(=O)c2cc(CC[C@H]3CCC[C@@H](c4ccc(SC)cc4)O3)nc(CF)n2)CC1. The quantitative estimate of drug-likeness (QED) is 0.393. The standard InChI is InChI=1S/C31H43FN4O4S/c1-38-29-20-39-17-14-26(29)33-22-12-15-36(16-13-22)31(37)27-18-23(34-30(19-32)35-27)8-9-24-4-3-5-28(40-24)21-6-10-25(41-2)11-7-21/h6-7,10-11,18,22,24,26,28-29,33H,3-5,8-9,12-17,19-20H2,1-2H3/t24-,26-,28+,29+/m1/s1. The van der Waals surface area contributed by atoms with Crippen molar-refractivity contribution in [1.29, 1.82) is 0 Å². The number of hydrogen-bond acceptors (Lipinski definition) is 8. The van der Waals surface area contributed by atoms with E-state index in [0.717, 1.165) is 51.6 Å². The number of carbonyl (C=O) groups is 1. The number of likely N-dealkylation sites (tertiary alicyclic amines) is 1. The molecule has 1 N–H and O–H groups in total. The van der Waals surface area contributed by atoms with Gasteiger partial charge in [0.1, 0.15) is 12.4 Å². The second-order valence-electron chi connectivity index (χ2n) is 11.3. The zero-order chi connectivity index (χ0) is 28.6. The van der Waals surface area contributed by atoms with E-state index in [1.807, 2.05) is 4.90 Å². The highest BCUT2D eigenvalue weighted by molar-refractivity contribution is 7.98. The molecule has 2 aromatic rings. The van der Waals surface area contributed by atoms with Crippen LogP contribution in [0.2, 0.25) is 0 Å². The molecule has 0 aliphatic carbocycles. The molecule has 3 aliphatic rings. The maximum Gasteiger partial charge on any atom is 0.272 e. The van der Waals surface area contributed by atoms with Gasteiger partial charge in [-0.05, 0) is 81.4 Å². The molecule has 3 saturated heterocycles. The van der Waals surface area contributed by atoms with Gasteiger partial charge < -0.3 is 24.4 Å². The number of rotatable bonds is 10. The number of hydrogen-bond donors (Lipinski definition) is 1. The van der Waals surface area contributed by atoms with Crippen molar-refractivity contribution >= 4 is 17.7 Å². The molecule has 5 rings (SSSR count). The second-order valence-corrected chi connectivity index (χ2v) is 12.1. The molecule has 0 bridgehead atoms. The third-order valence-corrected chi connectivity index (χ3v) is 9.31. The summed E-state index contributed by atoms with van der Waals surface area (Å²) in [7, 11) is 1.72. The molecule has 1 aromatic carbocycles. The Morgan fingerprint density at radius 1 is 1.15 bits per heavy atom. The molecule has 8 nitrogen and oxygen atoms in total. The lowest BCUT2D eigenvalue weighted by molar-refractivity contribution is -0.0547. The first-order chi connectivity index (χ1) is 20.1. The Morgan fingerprint density at radius 3 is 2.68 bits per heavy atom. The van der Waals surface area contributed by atoms with E-state index in [1.54, 1.807) is 24.9 Å². The van der Waals surface area contributed by atoms with Crippen LogP contribution >= 0.6 is 11.8 Å². The van der Waals surface area contributed by atoms with Crippen molar-refractivity contribution in [3.63, 3.8) is 0 Å². The van der Waals surface area contributed by atoms with E-state index in [0.29, 0.717) is 37.9 Å². The predicted octanol–water partition coefficient (Wildman–Crippen LogP) is 4.91. The van der Waals surface area contributed by atoms with Crippen LogP contribution in [0.15, 0.2) is 35.2 Å². The summed E-state index contributed by atoms with van der Waals surface area (Å²) < 4.78 is 31.3. The minimum Gasteiger partial charge on any atom is -0.379 e. The van der Waals surface area contributed by atoms with Crippen LogP contribution in [0.4, 0.5) is 4.39 Å². The molecule has 0 spiro atoms. The number of piperidine rings is 1. The summed E-state index contributed by atoms with van der Waals surface area (Å²) in [6.07, 6.45) is 9.48. The molecule has 1 aromatic heterocycles. The summed E-state index contributed by atoms with van der Waals surface area (Å²) in [5.41, 5.74) is 2.20. The molecule has 224 valence electrons. The average molecular weight is 587 g/mol. The van der Waals surface area contributed by atoms with Crippen molar-refractivity contribution in [2.75, 3.05) is 39.7 Å². The molecule has 4 atom stereocenters. The fraction of sp³-hybridized carbons (Fsp3) is 0.645. The van der Waals surface area contributed by atoms with E-state index < -0.39 is 6.67 Å². The Morgan fingerprint density at radius 2 is 1.95 bits per heavy atom. The third-order valence-electron chi connectivity index (χ3n) is 8.56. The van der Waals surface area contributed by atoms with Crippen molar-refractivity contribution in [2.24, 2.45) is 0 Å². The number of benzene rings is 1. The summed E-state index contributed by atoms with van der Waals surface area (Å²) in [4.78, 5) is 25.1. The first-order valence-electron chi connectivity index (χ1n) is 14.9. The van der Waals surface area contributed by atoms with Crippen molar-refractivity contribution in [2.45, 2.75) is 93.3 Å². The Balaban J connectivity index is 1.15. The molecule has 0 saturated carbocycles. The van der Waals surface area contributed by atoms with Gasteiger partial charge in [0, 0.05) is 49.5 Å². The minimum absolute atomic E-state index is 0.0541. The lowest BCUT2D eigenvalue weighted by atomic mass is 9.96. The summed E-state index contributed by atoms with van der Waals surface area (Å²) in [5, 5.41) is 3.72. The summed E-state index contributed by atoms with van der Waals surface area (Å²) in [6.45, 7) is 1.83. The highest BCUT2D eigenvalue weighted by Gasteiger charge is 2.31. The van der Waals surface area contributed by atoms with Gasteiger partial charge in [-0.3, -0.25) is 4.79 Å². The fourth-order valence-electron chi connectivity index (χ4n) is 6.18. The zero-order valence-electron chi connectivity index (χ0n) is 24.2. The van der Waals surface area contributed by atoms with Crippen LogP contribution in [-0.2, 0) is 27.3 Å². The molecule has 3 aliphatic heterocycles. The van der Waals surface area contributed by atoms with Crippen LogP contribution in [0, 0.1) is 0 Å².